The van der Waals surface area contributed by atoms with Crippen molar-refractivity contribution in [2.45, 2.75) is 28.7 Å². The number of alkyl halides is 3. The molecule has 2 aliphatic heterocycles. The lowest BCUT2D eigenvalue weighted by Crippen LogP contribution is -2.71. The van der Waals surface area contributed by atoms with Crippen molar-refractivity contribution in [3.63, 3.8) is 0 Å². The maximum atomic E-state index is 13.1. The van der Waals surface area contributed by atoms with Gasteiger partial charge in [-0.1, -0.05) is 22.7 Å². The van der Waals surface area contributed by atoms with Crippen LogP contribution in [0.5, 0.6) is 0 Å². The minimum atomic E-state index is -4.66. The van der Waals surface area contributed by atoms with E-state index in [1.165, 1.54) is 23.9 Å². The standard InChI is InChI=1S/C21H19F3N6O7S3/c22-21(23,24)8-25-20(36)27-13(10-2-1-5-38-10)16(32)26-14-17(33)29-15(19(34)35)9(7-40-18(14)29)6-39-11-3-4-12(31)30(37)28-11/h1-5,13-14,18,37H,6-8H2,(H,26,32)(H,34,35)(H2,25,27,36)/t13?,14-,18?/m0/s1. The Morgan fingerprint density at radius 2 is 1.98 bits per heavy atom. The van der Waals surface area contributed by atoms with Crippen molar-refractivity contribution in [2.24, 2.45) is 0 Å². The van der Waals surface area contributed by atoms with Gasteiger partial charge in [0.05, 0.1) is 0 Å². The zero-order valence-corrected chi connectivity index (χ0v) is 22.3. The fourth-order valence-electron chi connectivity index (χ4n) is 3.74. The Balaban J connectivity index is 1.45. The molecule has 2 aliphatic rings. The summed E-state index contributed by atoms with van der Waals surface area (Å²) in [5, 5.41) is 30.2. The van der Waals surface area contributed by atoms with E-state index in [-0.39, 0.29) is 27.1 Å². The lowest BCUT2D eigenvalue weighted by molar-refractivity contribution is -0.150. The molecule has 2 unspecified atom stereocenters. The molecule has 4 rings (SSSR count). The molecule has 214 valence electrons. The van der Waals surface area contributed by atoms with Gasteiger partial charge >= 0.3 is 23.7 Å². The number of nitrogens with one attached hydrogen (secondary N) is 3. The molecule has 2 aromatic rings. The molecule has 4 heterocycles. The average molecular weight is 621 g/mol. The van der Waals surface area contributed by atoms with Crippen molar-refractivity contribution in [1.82, 2.24) is 30.8 Å². The normalized spacial score (nSPS) is 19.4. The Kier molecular flexibility index (Phi) is 8.64. The number of thiophene rings is 1. The highest BCUT2D eigenvalue weighted by Gasteiger charge is 2.54. The van der Waals surface area contributed by atoms with Crippen LogP contribution in [0.1, 0.15) is 10.9 Å². The summed E-state index contributed by atoms with van der Waals surface area (Å²) in [5.74, 6) is -2.72. The number of aromatic nitrogens is 2. The number of nitrogens with zero attached hydrogens (tertiary/aromatic N) is 3. The fraction of sp³-hybridized carbons (Fsp3) is 0.333. The number of rotatable bonds is 9. The summed E-state index contributed by atoms with van der Waals surface area (Å²) in [5.41, 5.74) is -0.652. The van der Waals surface area contributed by atoms with Crippen LogP contribution >= 0.6 is 34.9 Å². The molecule has 0 radical (unpaired) electrons. The maximum absolute atomic E-state index is 13.1. The summed E-state index contributed by atoms with van der Waals surface area (Å²) in [6.45, 7) is -1.61. The van der Waals surface area contributed by atoms with Crippen LogP contribution in [-0.2, 0) is 14.4 Å². The number of halogens is 3. The summed E-state index contributed by atoms with van der Waals surface area (Å²) < 4.78 is 37.4. The van der Waals surface area contributed by atoms with Crippen LogP contribution in [-0.4, -0.2) is 84.6 Å². The number of hydrogen-bond acceptors (Lipinski definition) is 10. The van der Waals surface area contributed by atoms with Gasteiger partial charge in [-0.15, -0.1) is 28.2 Å². The predicted octanol–water partition coefficient (Wildman–Crippen LogP) is 0.976. The number of β-lactam (4-membered cyclic amide) rings is 1. The smallest absolute Gasteiger partial charge is 0.405 e. The third kappa shape index (κ3) is 6.53. The second kappa shape index (κ2) is 11.8. The number of carboxylic acid groups (broad SMARTS) is 1. The number of amides is 4. The average Bonchev–Trinajstić information content (AvgIpc) is 3.43. The SMILES string of the molecule is O=C(NCC(F)(F)F)NC(C(=O)N[C@H]1C(=O)N2C(C(=O)O)=C(CSc3ccc(=O)n(O)n3)CSC12)c1cccs1. The molecule has 0 bridgehead atoms. The molecule has 40 heavy (non-hydrogen) atoms. The van der Waals surface area contributed by atoms with Crippen LogP contribution in [0.3, 0.4) is 0 Å². The van der Waals surface area contributed by atoms with E-state index in [1.807, 2.05) is 0 Å². The van der Waals surface area contributed by atoms with E-state index in [9.17, 15) is 47.5 Å². The zero-order chi connectivity index (χ0) is 29.2. The van der Waals surface area contributed by atoms with E-state index < -0.39 is 59.6 Å². The van der Waals surface area contributed by atoms with E-state index in [2.05, 4.69) is 15.7 Å². The molecule has 19 heteroatoms. The van der Waals surface area contributed by atoms with Crippen molar-refractivity contribution in [2.75, 3.05) is 18.1 Å². The van der Waals surface area contributed by atoms with Gasteiger partial charge in [-0.3, -0.25) is 19.3 Å². The van der Waals surface area contributed by atoms with Crippen LogP contribution in [0.15, 0.2) is 50.7 Å². The van der Waals surface area contributed by atoms with E-state index in [0.29, 0.717) is 10.5 Å². The highest BCUT2D eigenvalue weighted by atomic mass is 32.2. The zero-order valence-electron chi connectivity index (χ0n) is 19.9. The number of carbonyl (C=O) groups is 4. The Morgan fingerprint density at radius 1 is 1.23 bits per heavy atom. The minimum Gasteiger partial charge on any atom is -0.477 e. The Bertz CT molecular complexity index is 1420. The van der Waals surface area contributed by atoms with Gasteiger partial charge in [0.25, 0.3) is 5.91 Å². The van der Waals surface area contributed by atoms with Crippen LogP contribution in [0, 0.1) is 0 Å². The largest absolute Gasteiger partial charge is 0.477 e. The van der Waals surface area contributed by atoms with Gasteiger partial charge in [-0.05, 0) is 23.1 Å². The molecule has 2 aromatic heterocycles. The molecule has 3 atom stereocenters. The number of fused-ring (bicyclic) bond motifs is 1. The van der Waals surface area contributed by atoms with Crippen LogP contribution in [0.25, 0.3) is 0 Å². The molecule has 4 amide bonds. The van der Waals surface area contributed by atoms with Crippen molar-refractivity contribution in [3.05, 3.63) is 56.1 Å². The van der Waals surface area contributed by atoms with E-state index in [1.54, 1.807) is 16.8 Å². The van der Waals surface area contributed by atoms with Gasteiger partial charge in [-0.2, -0.15) is 13.2 Å². The lowest BCUT2D eigenvalue weighted by Gasteiger charge is -2.49. The number of hydrogen-bond donors (Lipinski definition) is 5. The number of carbonyl (C=O) groups excluding carboxylic acids is 3. The number of thioether (sulfide) groups is 2. The van der Waals surface area contributed by atoms with Gasteiger partial charge in [0, 0.05) is 22.4 Å². The molecule has 1 fully saturated rings. The topological polar surface area (TPSA) is 183 Å². The third-order valence-corrected chi connectivity index (χ3v) is 8.80. The van der Waals surface area contributed by atoms with Gasteiger partial charge in [0.15, 0.2) is 0 Å². The Labute approximate surface area is 234 Å². The summed E-state index contributed by atoms with van der Waals surface area (Å²) in [7, 11) is 0. The quantitative estimate of drug-likeness (QED) is 0.154. The van der Waals surface area contributed by atoms with Crippen molar-refractivity contribution in [1.29, 1.82) is 0 Å². The molecular weight excluding hydrogens is 601 g/mol. The minimum absolute atomic E-state index is 0.0742. The van der Waals surface area contributed by atoms with E-state index in [4.69, 9.17) is 0 Å². The summed E-state index contributed by atoms with van der Waals surface area (Å²) in [6.07, 6.45) is -4.66. The summed E-state index contributed by atoms with van der Waals surface area (Å²) >= 11 is 3.27. The van der Waals surface area contributed by atoms with E-state index in [0.717, 1.165) is 34.1 Å². The third-order valence-electron chi connectivity index (χ3n) is 5.52. The monoisotopic (exact) mass is 620 g/mol. The van der Waals surface area contributed by atoms with Gasteiger partial charge in [0.2, 0.25) is 5.91 Å². The predicted molar refractivity (Wildman–Crippen MR) is 136 cm³/mol. The first-order chi connectivity index (χ1) is 18.9. The lowest BCUT2D eigenvalue weighted by atomic mass is 10.0. The second-order valence-electron chi connectivity index (χ2n) is 8.23. The van der Waals surface area contributed by atoms with Crippen LogP contribution in [0.4, 0.5) is 18.0 Å². The molecule has 13 nitrogen and oxygen atoms in total. The van der Waals surface area contributed by atoms with E-state index >= 15 is 0 Å². The molecule has 1 saturated heterocycles. The van der Waals surface area contributed by atoms with Gasteiger partial charge < -0.3 is 26.3 Å². The number of carboxylic acids is 1. The first kappa shape index (κ1) is 29.3. The second-order valence-corrected chi connectivity index (χ2v) is 11.3. The van der Waals surface area contributed by atoms with Crippen molar-refractivity contribution < 1.29 is 42.7 Å². The first-order valence-electron chi connectivity index (χ1n) is 11.1. The van der Waals surface area contributed by atoms with Crippen LogP contribution in [0.2, 0.25) is 0 Å². The molecular formula is C21H19F3N6O7S3. The van der Waals surface area contributed by atoms with Crippen molar-refractivity contribution in [3.8, 4) is 0 Å². The Morgan fingerprint density at radius 3 is 2.60 bits per heavy atom. The number of urea groups is 1. The molecule has 0 aromatic carbocycles. The molecule has 0 spiro atoms. The summed E-state index contributed by atoms with van der Waals surface area (Å²) in [6, 6.07) is 1.67. The molecule has 5 N–H and O–H groups in total. The summed E-state index contributed by atoms with van der Waals surface area (Å²) in [4.78, 5) is 62.9. The van der Waals surface area contributed by atoms with Crippen molar-refractivity contribution >= 4 is 58.7 Å². The molecule has 0 aliphatic carbocycles. The highest BCUT2D eigenvalue weighted by Crippen LogP contribution is 2.41. The Hall–Kier alpha value is -3.71. The van der Waals surface area contributed by atoms with Crippen LogP contribution < -0.4 is 21.5 Å². The highest BCUT2D eigenvalue weighted by molar-refractivity contribution is 8.01. The maximum Gasteiger partial charge on any atom is 0.405 e. The first-order valence-corrected chi connectivity index (χ1v) is 14.0. The fourth-order valence-corrected chi connectivity index (χ4v) is 6.85. The van der Waals surface area contributed by atoms with Gasteiger partial charge in [0.1, 0.15) is 34.7 Å². The molecule has 0 saturated carbocycles. The number of aliphatic carboxylic acids is 1. The van der Waals surface area contributed by atoms with Gasteiger partial charge in [-0.25, -0.2) is 9.59 Å².